The molecule has 1 aromatic carbocycles. The second-order valence-electron chi connectivity index (χ2n) is 6.31. The highest BCUT2D eigenvalue weighted by Crippen LogP contribution is 2.28. The van der Waals surface area contributed by atoms with Crippen LogP contribution in [-0.4, -0.2) is 37.5 Å². The van der Waals surface area contributed by atoms with Gasteiger partial charge in [0.1, 0.15) is 5.54 Å². The van der Waals surface area contributed by atoms with Crippen molar-refractivity contribution in [3.63, 3.8) is 0 Å². The quantitative estimate of drug-likeness (QED) is 0.708. The Bertz CT molecular complexity index is 633. The number of rotatable bonds is 6. The Morgan fingerprint density at radius 1 is 1.21 bits per heavy atom. The van der Waals surface area contributed by atoms with Crippen molar-refractivity contribution in [2.45, 2.75) is 31.2 Å². The molecule has 2 amide bonds. The number of hydrogen-bond donors (Lipinski definition) is 3. The van der Waals surface area contributed by atoms with Gasteiger partial charge < -0.3 is 15.5 Å². The smallest absolute Gasteiger partial charge is 0.279 e. The fraction of sp³-hybridized carbons (Fsp3) is 0.471. The van der Waals surface area contributed by atoms with Gasteiger partial charge in [-0.2, -0.15) is 5.26 Å². The molecular weight excluding hydrogens is 328 g/mol. The van der Waals surface area contributed by atoms with Gasteiger partial charge in [0.25, 0.3) is 11.8 Å². The van der Waals surface area contributed by atoms with Crippen LogP contribution in [0.2, 0.25) is 5.02 Å². The summed E-state index contributed by atoms with van der Waals surface area (Å²) in [5.41, 5.74) is -0.0563. The second kappa shape index (κ2) is 8.13. The molecule has 24 heavy (non-hydrogen) atoms. The lowest BCUT2D eigenvalue weighted by atomic mass is 10.00. The lowest BCUT2D eigenvalue weighted by molar-refractivity contribution is -0.862. The Morgan fingerprint density at radius 3 is 2.38 bits per heavy atom. The molecule has 1 aromatic rings. The topological polar surface area (TPSA) is 86.4 Å². The number of carbonyl (C=O) groups is 2. The summed E-state index contributed by atoms with van der Waals surface area (Å²) in [6.07, 6.45) is 3.32. The fourth-order valence-electron chi connectivity index (χ4n) is 2.90. The molecule has 0 saturated heterocycles. The second-order valence-corrected chi connectivity index (χ2v) is 6.75. The van der Waals surface area contributed by atoms with E-state index in [1.807, 2.05) is 0 Å². The maximum absolute atomic E-state index is 12.1. The normalized spacial score (nSPS) is 16.9. The monoisotopic (exact) mass is 349 g/mol. The number of nitrogens with one attached hydrogen (secondary N) is 3. The number of halogens is 1. The van der Waals surface area contributed by atoms with Gasteiger partial charge in [0, 0.05) is 10.7 Å². The van der Waals surface area contributed by atoms with Gasteiger partial charge in [-0.15, -0.1) is 0 Å². The molecule has 0 bridgehead atoms. The lowest BCUT2D eigenvalue weighted by Gasteiger charge is -2.22. The van der Waals surface area contributed by atoms with Crippen LogP contribution in [0.5, 0.6) is 0 Å². The van der Waals surface area contributed by atoms with E-state index in [-0.39, 0.29) is 24.9 Å². The summed E-state index contributed by atoms with van der Waals surface area (Å²) < 4.78 is 0. The number of quaternary nitrogens is 1. The SMILES string of the molecule is C[NH+](CC(=O)Nc1ccc(Cl)cc1)CC(=O)NC1(C#N)CCCC1. The van der Waals surface area contributed by atoms with Crippen LogP contribution in [0, 0.1) is 11.3 Å². The predicted molar refractivity (Wildman–Crippen MR) is 91.7 cm³/mol. The predicted octanol–water partition coefficient (Wildman–Crippen LogP) is 0.746. The molecule has 0 spiro atoms. The van der Waals surface area contributed by atoms with E-state index in [2.05, 4.69) is 16.7 Å². The zero-order chi connectivity index (χ0) is 17.6. The highest BCUT2D eigenvalue weighted by Gasteiger charge is 2.35. The molecule has 1 aliphatic carbocycles. The summed E-state index contributed by atoms with van der Waals surface area (Å²) in [4.78, 5) is 24.9. The highest BCUT2D eigenvalue weighted by atomic mass is 35.5. The van der Waals surface area contributed by atoms with Gasteiger partial charge in [0.2, 0.25) is 0 Å². The number of nitrogens with zero attached hydrogens (tertiary/aromatic N) is 1. The van der Waals surface area contributed by atoms with Gasteiger partial charge in [0.05, 0.1) is 13.1 Å². The molecule has 0 aliphatic heterocycles. The maximum atomic E-state index is 12.1. The average molecular weight is 350 g/mol. The Morgan fingerprint density at radius 2 is 1.79 bits per heavy atom. The number of likely N-dealkylation sites (N-methyl/N-ethyl adjacent to an activating group) is 1. The minimum Gasteiger partial charge on any atom is -0.333 e. The van der Waals surface area contributed by atoms with Crippen LogP contribution in [0.1, 0.15) is 25.7 Å². The summed E-state index contributed by atoms with van der Waals surface area (Å²) >= 11 is 5.80. The van der Waals surface area contributed by atoms with E-state index in [1.165, 1.54) is 0 Å². The molecule has 3 N–H and O–H groups in total. The van der Waals surface area contributed by atoms with E-state index in [0.717, 1.165) is 17.7 Å². The van der Waals surface area contributed by atoms with Gasteiger partial charge in [0.15, 0.2) is 13.1 Å². The van der Waals surface area contributed by atoms with Gasteiger partial charge in [-0.25, -0.2) is 0 Å². The first kappa shape index (κ1) is 18.2. The Balaban J connectivity index is 1.78. The van der Waals surface area contributed by atoms with Crippen molar-refractivity contribution >= 4 is 29.1 Å². The molecule has 1 saturated carbocycles. The third kappa shape index (κ3) is 5.22. The van der Waals surface area contributed by atoms with Crippen LogP contribution in [-0.2, 0) is 9.59 Å². The standard InChI is InChI=1S/C17H21ClN4O2/c1-22(10-15(23)20-14-6-4-13(18)5-7-14)11-16(24)21-17(12-19)8-2-3-9-17/h4-7H,2-3,8-11H2,1H3,(H,20,23)(H,21,24)/p+1. The fourth-order valence-corrected chi connectivity index (χ4v) is 3.03. The van der Waals surface area contributed by atoms with Gasteiger partial charge in [-0.05, 0) is 49.9 Å². The van der Waals surface area contributed by atoms with E-state index >= 15 is 0 Å². The molecular formula is C17H22ClN4O2+. The van der Waals surface area contributed by atoms with Crippen LogP contribution in [0.15, 0.2) is 24.3 Å². The minimum absolute atomic E-state index is 0.150. The van der Waals surface area contributed by atoms with Crippen LogP contribution >= 0.6 is 11.6 Å². The zero-order valence-electron chi connectivity index (χ0n) is 13.7. The first-order valence-electron chi connectivity index (χ1n) is 8.01. The molecule has 7 heteroatoms. The largest absolute Gasteiger partial charge is 0.333 e. The first-order valence-corrected chi connectivity index (χ1v) is 8.39. The van der Waals surface area contributed by atoms with Crippen molar-refractivity contribution in [3.05, 3.63) is 29.3 Å². The summed E-state index contributed by atoms with van der Waals surface area (Å²) in [5.74, 6) is -0.381. The zero-order valence-corrected chi connectivity index (χ0v) is 14.4. The molecule has 1 aliphatic rings. The van der Waals surface area contributed by atoms with Gasteiger partial charge in [-0.1, -0.05) is 11.6 Å². The molecule has 1 fully saturated rings. The molecule has 1 unspecified atom stereocenters. The number of hydrogen-bond acceptors (Lipinski definition) is 3. The van der Waals surface area contributed by atoms with Crippen LogP contribution in [0.3, 0.4) is 0 Å². The van der Waals surface area contributed by atoms with E-state index in [0.29, 0.717) is 23.6 Å². The maximum Gasteiger partial charge on any atom is 0.279 e. The van der Waals surface area contributed by atoms with Crippen molar-refractivity contribution in [3.8, 4) is 6.07 Å². The van der Waals surface area contributed by atoms with E-state index in [1.54, 1.807) is 31.3 Å². The minimum atomic E-state index is -0.719. The lowest BCUT2D eigenvalue weighted by Crippen LogP contribution is -3.11. The van der Waals surface area contributed by atoms with Crippen molar-refractivity contribution in [2.24, 2.45) is 0 Å². The Kier molecular flexibility index (Phi) is 6.18. The molecule has 1 atom stereocenters. The number of carbonyl (C=O) groups excluding carboxylic acids is 2. The van der Waals surface area contributed by atoms with Crippen molar-refractivity contribution in [1.29, 1.82) is 5.26 Å². The number of anilines is 1. The highest BCUT2D eigenvalue weighted by molar-refractivity contribution is 6.30. The summed E-state index contributed by atoms with van der Waals surface area (Å²) in [6, 6.07) is 9.07. The molecule has 2 rings (SSSR count). The van der Waals surface area contributed by atoms with Crippen LogP contribution in [0.25, 0.3) is 0 Å². The average Bonchev–Trinajstić information content (AvgIpc) is 2.98. The summed E-state index contributed by atoms with van der Waals surface area (Å²) in [7, 11) is 1.77. The van der Waals surface area contributed by atoms with E-state index in [9.17, 15) is 14.9 Å². The molecule has 0 radical (unpaired) electrons. The third-order valence-electron chi connectivity index (χ3n) is 4.10. The summed E-state index contributed by atoms with van der Waals surface area (Å²) in [6.45, 7) is 0.313. The van der Waals surface area contributed by atoms with E-state index < -0.39 is 5.54 Å². The third-order valence-corrected chi connectivity index (χ3v) is 4.35. The van der Waals surface area contributed by atoms with Crippen molar-refractivity contribution in [1.82, 2.24) is 5.32 Å². The van der Waals surface area contributed by atoms with Gasteiger partial charge >= 0.3 is 0 Å². The van der Waals surface area contributed by atoms with Crippen molar-refractivity contribution < 1.29 is 14.5 Å². The number of nitriles is 1. The van der Waals surface area contributed by atoms with E-state index in [4.69, 9.17) is 11.6 Å². The summed E-state index contributed by atoms with van der Waals surface area (Å²) in [5, 5.41) is 15.5. The van der Waals surface area contributed by atoms with Crippen molar-refractivity contribution in [2.75, 3.05) is 25.5 Å². The van der Waals surface area contributed by atoms with Crippen LogP contribution in [0.4, 0.5) is 5.69 Å². The molecule has 6 nitrogen and oxygen atoms in total. The first-order chi connectivity index (χ1) is 11.4. The van der Waals surface area contributed by atoms with Crippen LogP contribution < -0.4 is 15.5 Å². The Labute approximate surface area is 146 Å². The molecule has 0 heterocycles. The molecule has 0 aromatic heterocycles. The molecule has 128 valence electrons. The number of amides is 2. The Hall–Kier alpha value is -2.10. The van der Waals surface area contributed by atoms with Gasteiger partial charge in [-0.3, -0.25) is 9.59 Å². The number of benzene rings is 1.